The molecule has 0 saturated heterocycles. The summed E-state index contributed by atoms with van der Waals surface area (Å²) in [5.41, 5.74) is 6.41. The summed E-state index contributed by atoms with van der Waals surface area (Å²) >= 11 is 25.3. The molecule has 0 aliphatic carbocycles. The molecular weight excluding hydrogens is 674 g/mol. The van der Waals surface area contributed by atoms with E-state index in [1.165, 1.54) is 0 Å². The summed E-state index contributed by atoms with van der Waals surface area (Å²) in [4.78, 5) is 36.9. The first-order valence-electron chi connectivity index (χ1n) is 14.9. The van der Waals surface area contributed by atoms with Gasteiger partial charge in [-0.2, -0.15) is 0 Å². The van der Waals surface area contributed by atoms with Crippen molar-refractivity contribution in [2.45, 2.75) is 20.3 Å². The molecule has 2 aromatic heterocycles. The van der Waals surface area contributed by atoms with Gasteiger partial charge < -0.3 is 10.6 Å². The number of carbonyl (C=O) groups is 2. The highest BCUT2D eigenvalue weighted by atomic mass is 35.5. The van der Waals surface area contributed by atoms with Gasteiger partial charge in [0.1, 0.15) is 0 Å². The van der Waals surface area contributed by atoms with Gasteiger partial charge in [-0.1, -0.05) is 82.8 Å². The highest BCUT2D eigenvalue weighted by Gasteiger charge is 2.22. The largest absolute Gasteiger partial charge is 0.352 e. The Balaban J connectivity index is 1.19. The summed E-state index contributed by atoms with van der Waals surface area (Å²) < 4.78 is 0. The molecule has 4 aromatic carbocycles. The van der Waals surface area contributed by atoms with E-state index in [4.69, 9.17) is 56.4 Å². The highest BCUT2D eigenvalue weighted by molar-refractivity contribution is 6.37. The first-order chi connectivity index (χ1) is 22.6. The summed E-state index contributed by atoms with van der Waals surface area (Å²) in [5, 5.41) is 9.45. The van der Waals surface area contributed by atoms with Gasteiger partial charge >= 0.3 is 0 Å². The van der Waals surface area contributed by atoms with Crippen LogP contribution in [-0.4, -0.2) is 34.9 Å². The number of pyridine rings is 2. The minimum atomic E-state index is -0.237. The van der Waals surface area contributed by atoms with Crippen LogP contribution in [-0.2, 0) is 0 Å². The highest BCUT2D eigenvalue weighted by Crippen LogP contribution is 2.36. The minimum absolute atomic E-state index is 0.237. The second kappa shape index (κ2) is 13.9. The summed E-state index contributed by atoms with van der Waals surface area (Å²) in [6, 6.07) is 25.4. The maximum absolute atomic E-state index is 13.6. The summed E-state index contributed by atoms with van der Waals surface area (Å²) in [7, 11) is 0. The van der Waals surface area contributed by atoms with E-state index in [-0.39, 0.29) is 11.8 Å². The van der Waals surface area contributed by atoms with E-state index in [1.54, 1.807) is 36.4 Å². The molecule has 6 aromatic rings. The van der Waals surface area contributed by atoms with Crippen LogP contribution in [0.15, 0.2) is 84.9 Å². The van der Waals surface area contributed by atoms with Gasteiger partial charge in [0.2, 0.25) is 0 Å². The van der Waals surface area contributed by atoms with E-state index in [2.05, 4.69) is 10.6 Å². The molecule has 0 aliphatic rings. The number of aromatic nitrogens is 2. The molecule has 2 N–H and O–H groups in total. The quantitative estimate of drug-likeness (QED) is 0.155. The van der Waals surface area contributed by atoms with Crippen LogP contribution in [0.5, 0.6) is 0 Å². The Labute approximate surface area is 292 Å². The van der Waals surface area contributed by atoms with Crippen LogP contribution in [0, 0.1) is 13.8 Å². The van der Waals surface area contributed by atoms with Gasteiger partial charge in [-0.15, -0.1) is 0 Å². The van der Waals surface area contributed by atoms with Crippen molar-refractivity contribution in [3.05, 3.63) is 127 Å². The Hall–Kier alpha value is -4.20. The first-order valence-corrected chi connectivity index (χ1v) is 16.4. The zero-order valence-electron chi connectivity index (χ0n) is 25.4. The molecule has 0 saturated carbocycles. The lowest BCUT2D eigenvalue weighted by Gasteiger charge is -2.16. The van der Waals surface area contributed by atoms with Crippen molar-refractivity contribution in [1.82, 2.24) is 20.6 Å². The van der Waals surface area contributed by atoms with Gasteiger partial charge in [0.05, 0.1) is 43.6 Å². The smallest absolute Gasteiger partial charge is 0.252 e. The third-order valence-electron chi connectivity index (χ3n) is 8.02. The second-order valence-corrected chi connectivity index (χ2v) is 12.8. The normalized spacial score (nSPS) is 11.2. The molecule has 10 heteroatoms. The van der Waals surface area contributed by atoms with Crippen molar-refractivity contribution in [1.29, 1.82) is 0 Å². The molecule has 0 aliphatic heterocycles. The van der Waals surface area contributed by atoms with Crippen LogP contribution in [0.2, 0.25) is 20.1 Å². The number of nitrogens with zero attached hydrogens (tertiary/aromatic N) is 2. The topological polar surface area (TPSA) is 84.0 Å². The van der Waals surface area contributed by atoms with E-state index in [0.29, 0.717) is 95.4 Å². The van der Waals surface area contributed by atoms with E-state index in [1.807, 2.05) is 62.4 Å². The van der Waals surface area contributed by atoms with Crippen LogP contribution < -0.4 is 10.6 Å². The van der Waals surface area contributed by atoms with Gasteiger partial charge in [0.15, 0.2) is 0 Å². The molecule has 6 rings (SSSR count). The zero-order chi connectivity index (χ0) is 33.2. The van der Waals surface area contributed by atoms with Crippen LogP contribution in [0.25, 0.3) is 44.3 Å². The lowest BCUT2D eigenvalue weighted by atomic mass is 9.97. The summed E-state index contributed by atoms with van der Waals surface area (Å²) in [5.74, 6) is -0.474. The molecular formula is C37H28Cl4N4O2. The minimum Gasteiger partial charge on any atom is -0.352 e. The number of carbonyl (C=O) groups excluding carboxylic acids is 2. The summed E-state index contributed by atoms with van der Waals surface area (Å²) in [6.07, 6.45) is 0.507. The van der Waals surface area contributed by atoms with E-state index < -0.39 is 0 Å². The fourth-order valence-electron chi connectivity index (χ4n) is 5.76. The number of hydrogen-bond donors (Lipinski definition) is 2. The lowest BCUT2D eigenvalue weighted by Crippen LogP contribution is -2.31. The van der Waals surface area contributed by atoms with Gasteiger partial charge in [0, 0.05) is 45.0 Å². The van der Waals surface area contributed by atoms with Crippen molar-refractivity contribution in [2.75, 3.05) is 13.1 Å². The number of fused-ring (bicyclic) bond motifs is 2. The maximum Gasteiger partial charge on any atom is 0.252 e. The average Bonchev–Trinajstić information content (AvgIpc) is 3.04. The van der Waals surface area contributed by atoms with Crippen molar-refractivity contribution >= 4 is 80.0 Å². The van der Waals surface area contributed by atoms with E-state index in [0.717, 1.165) is 10.8 Å². The molecule has 0 atom stereocenters. The first kappa shape index (κ1) is 32.7. The fourth-order valence-corrected chi connectivity index (χ4v) is 6.75. The SMILES string of the molecule is Cc1c(-c2ccc(Cl)cc2Cl)nc2ccccc2c1C(=O)NCCCNC(=O)c1c(C)c(-c2ccc(Cl)cc2Cl)nc2ccccc12. The molecule has 6 nitrogen and oxygen atoms in total. The number of amides is 2. The summed E-state index contributed by atoms with van der Waals surface area (Å²) in [6.45, 7) is 4.41. The van der Waals surface area contributed by atoms with Gasteiger partial charge in [-0.05, 0) is 79.9 Å². The number of nitrogens with one attached hydrogen (secondary N) is 2. The van der Waals surface area contributed by atoms with Crippen LogP contribution in [0.3, 0.4) is 0 Å². The van der Waals surface area contributed by atoms with Crippen LogP contribution in [0.1, 0.15) is 38.3 Å². The maximum atomic E-state index is 13.6. The number of rotatable bonds is 8. The lowest BCUT2D eigenvalue weighted by molar-refractivity contribution is 0.0953. The second-order valence-electron chi connectivity index (χ2n) is 11.1. The third kappa shape index (κ3) is 6.65. The monoisotopic (exact) mass is 700 g/mol. The number of benzene rings is 4. The van der Waals surface area contributed by atoms with Crippen molar-refractivity contribution in [3.8, 4) is 22.5 Å². The third-order valence-corrected chi connectivity index (χ3v) is 9.12. The van der Waals surface area contributed by atoms with Gasteiger partial charge in [-0.25, -0.2) is 9.97 Å². The van der Waals surface area contributed by atoms with E-state index in [9.17, 15) is 9.59 Å². The Kier molecular flexibility index (Phi) is 9.67. The predicted octanol–water partition coefficient (Wildman–Crippen LogP) is 9.90. The molecule has 0 radical (unpaired) electrons. The number of hydrogen-bond acceptors (Lipinski definition) is 4. The molecule has 0 spiro atoms. The standard InChI is InChI=1S/C37H28Cl4N4O2/c1-20-32(26-8-3-5-10-30(26)44-34(20)24-14-12-22(38)18-28(24)40)36(46)42-16-7-17-43-37(47)33-21(2)35(25-15-13-23(39)19-29(25)41)45-31-11-6-4-9-27(31)33/h3-6,8-15,18-19H,7,16-17H2,1-2H3,(H,42,46)(H,43,47). The molecule has 47 heavy (non-hydrogen) atoms. The number of halogens is 4. The Morgan fingerprint density at radius 3 is 1.40 bits per heavy atom. The Morgan fingerprint density at radius 2 is 1.00 bits per heavy atom. The predicted molar refractivity (Wildman–Crippen MR) is 193 cm³/mol. The number of para-hydroxylation sites is 2. The van der Waals surface area contributed by atoms with Crippen molar-refractivity contribution in [2.24, 2.45) is 0 Å². The van der Waals surface area contributed by atoms with Crippen molar-refractivity contribution in [3.63, 3.8) is 0 Å². The van der Waals surface area contributed by atoms with Crippen LogP contribution in [0.4, 0.5) is 0 Å². The van der Waals surface area contributed by atoms with Crippen LogP contribution >= 0.6 is 46.4 Å². The molecule has 2 amide bonds. The molecule has 0 fully saturated rings. The molecule has 0 unspecified atom stereocenters. The fraction of sp³-hybridized carbons (Fsp3) is 0.135. The molecule has 2 heterocycles. The van der Waals surface area contributed by atoms with E-state index >= 15 is 0 Å². The zero-order valence-corrected chi connectivity index (χ0v) is 28.5. The van der Waals surface area contributed by atoms with Gasteiger partial charge in [0.25, 0.3) is 11.8 Å². The van der Waals surface area contributed by atoms with Crippen molar-refractivity contribution < 1.29 is 9.59 Å². The Bertz CT molecular complexity index is 2050. The van der Waals surface area contributed by atoms with Gasteiger partial charge in [-0.3, -0.25) is 9.59 Å². The molecule has 236 valence electrons. The average molecular weight is 702 g/mol. The Morgan fingerprint density at radius 1 is 0.596 bits per heavy atom. The molecule has 0 bridgehead atoms.